The molecule has 0 aromatic heterocycles. The second-order valence-electron chi connectivity index (χ2n) is 9.55. The van der Waals surface area contributed by atoms with E-state index >= 15 is 0 Å². The Morgan fingerprint density at radius 3 is 2.23 bits per heavy atom. The second kappa shape index (κ2) is 8.04. The molecule has 6 rings (SSSR count). The third-order valence-electron chi connectivity index (χ3n) is 7.66. The zero-order chi connectivity index (χ0) is 24.3. The molecule has 2 saturated heterocycles. The molecule has 0 unspecified atom stereocenters. The van der Waals surface area contributed by atoms with Gasteiger partial charge in [-0.25, -0.2) is 0 Å². The molecule has 1 spiro atoms. The molecule has 3 amide bonds. The van der Waals surface area contributed by atoms with E-state index in [9.17, 15) is 14.4 Å². The number of imide groups is 1. The molecule has 2 N–H and O–H groups in total. The van der Waals surface area contributed by atoms with Crippen LogP contribution in [0.25, 0.3) is 0 Å². The molecular formula is C28H24ClN3O3. The summed E-state index contributed by atoms with van der Waals surface area (Å²) in [5, 5.41) is 7.00. The first-order valence-corrected chi connectivity index (χ1v) is 12.1. The first-order valence-electron chi connectivity index (χ1n) is 11.7. The summed E-state index contributed by atoms with van der Waals surface area (Å²) < 4.78 is 0. The van der Waals surface area contributed by atoms with Crippen LogP contribution in [0.5, 0.6) is 0 Å². The van der Waals surface area contributed by atoms with Crippen molar-refractivity contribution in [1.29, 1.82) is 0 Å². The lowest BCUT2D eigenvalue weighted by Gasteiger charge is -2.29. The molecular weight excluding hydrogens is 462 g/mol. The second-order valence-corrected chi connectivity index (χ2v) is 9.96. The summed E-state index contributed by atoms with van der Waals surface area (Å²) in [5.41, 5.74) is 2.63. The maximum absolute atomic E-state index is 13.9. The number of fused-ring (bicyclic) bond motifs is 4. The van der Waals surface area contributed by atoms with E-state index in [-0.39, 0.29) is 30.3 Å². The number of anilines is 1. The van der Waals surface area contributed by atoms with Crippen LogP contribution in [-0.4, -0.2) is 28.7 Å². The van der Waals surface area contributed by atoms with E-state index in [4.69, 9.17) is 11.6 Å². The average molecular weight is 486 g/mol. The Morgan fingerprint density at radius 1 is 0.886 bits per heavy atom. The van der Waals surface area contributed by atoms with Gasteiger partial charge in [-0.1, -0.05) is 78.3 Å². The van der Waals surface area contributed by atoms with Crippen LogP contribution in [-0.2, 0) is 32.9 Å². The lowest BCUT2D eigenvalue weighted by atomic mass is 9.76. The molecule has 2 fully saturated rings. The van der Waals surface area contributed by atoms with Crippen molar-refractivity contribution in [3.63, 3.8) is 0 Å². The van der Waals surface area contributed by atoms with E-state index in [1.54, 1.807) is 12.1 Å². The molecule has 6 nitrogen and oxygen atoms in total. The van der Waals surface area contributed by atoms with Gasteiger partial charge in [0.15, 0.2) is 0 Å². The molecule has 0 aliphatic carbocycles. The number of rotatable bonds is 4. The Bertz CT molecular complexity index is 1360. The fourth-order valence-electron chi connectivity index (χ4n) is 6.01. The van der Waals surface area contributed by atoms with Crippen molar-refractivity contribution in [2.75, 3.05) is 5.32 Å². The lowest BCUT2D eigenvalue weighted by Crippen LogP contribution is -2.53. The van der Waals surface area contributed by atoms with Gasteiger partial charge >= 0.3 is 0 Å². The Kier molecular flexibility index (Phi) is 5.06. The zero-order valence-corrected chi connectivity index (χ0v) is 19.9. The fourth-order valence-corrected chi connectivity index (χ4v) is 6.17. The molecule has 3 aliphatic rings. The van der Waals surface area contributed by atoms with Gasteiger partial charge in [0.05, 0.1) is 24.1 Å². The molecule has 3 aliphatic heterocycles. The van der Waals surface area contributed by atoms with E-state index in [0.29, 0.717) is 22.7 Å². The van der Waals surface area contributed by atoms with Gasteiger partial charge in [-0.15, -0.1) is 0 Å². The minimum Gasteiger partial charge on any atom is -0.324 e. The normalized spacial score (nSPS) is 26.9. The monoisotopic (exact) mass is 485 g/mol. The van der Waals surface area contributed by atoms with Crippen molar-refractivity contribution in [3.05, 3.63) is 100 Å². The molecule has 176 valence electrons. The highest BCUT2D eigenvalue weighted by molar-refractivity contribution is 6.32. The molecule has 3 aromatic rings. The van der Waals surface area contributed by atoms with Gasteiger partial charge in [-0.05, 0) is 36.1 Å². The quantitative estimate of drug-likeness (QED) is 0.551. The van der Waals surface area contributed by atoms with Crippen LogP contribution in [0.1, 0.15) is 22.3 Å². The van der Waals surface area contributed by atoms with Gasteiger partial charge in [0, 0.05) is 16.6 Å². The third-order valence-corrected chi connectivity index (χ3v) is 8.07. The van der Waals surface area contributed by atoms with Gasteiger partial charge < -0.3 is 5.32 Å². The van der Waals surface area contributed by atoms with E-state index in [2.05, 4.69) is 10.6 Å². The molecule has 0 saturated carbocycles. The predicted octanol–water partition coefficient (Wildman–Crippen LogP) is 3.81. The van der Waals surface area contributed by atoms with E-state index in [1.807, 2.05) is 67.6 Å². The van der Waals surface area contributed by atoms with Crippen LogP contribution in [0.2, 0.25) is 5.02 Å². The summed E-state index contributed by atoms with van der Waals surface area (Å²) in [5.74, 6) is -2.36. The number of halogens is 1. The molecule has 35 heavy (non-hydrogen) atoms. The number of hydrogen-bond donors (Lipinski definition) is 2. The molecule has 0 bridgehead atoms. The number of nitrogens with zero attached hydrogens (tertiary/aromatic N) is 1. The summed E-state index contributed by atoms with van der Waals surface area (Å²) in [7, 11) is 0. The van der Waals surface area contributed by atoms with Crippen molar-refractivity contribution in [3.8, 4) is 0 Å². The zero-order valence-electron chi connectivity index (χ0n) is 19.1. The van der Waals surface area contributed by atoms with Crippen LogP contribution in [0.3, 0.4) is 0 Å². The van der Waals surface area contributed by atoms with Crippen LogP contribution >= 0.6 is 11.6 Å². The number of nitrogens with one attached hydrogen (secondary N) is 2. The van der Waals surface area contributed by atoms with Crippen molar-refractivity contribution < 1.29 is 14.4 Å². The maximum atomic E-state index is 13.9. The number of likely N-dealkylation sites (tertiary alicyclic amines) is 1. The smallest absolute Gasteiger partial charge is 0.250 e. The average Bonchev–Trinajstić information content (AvgIpc) is 3.44. The summed E-state index contributed by atoms with van der Waals surface area (Å²) in [6.45, 7) is 2.03. The first-order chi connectivity index (χ1) is 16.9. The Morgan fingerprint density at radius 2 is 1.54 bits per heavy atom. The summed E-state index contributed by atoms with van der Waals surface area (Å²) in [6, 6.07) is 22.5. The van der Waals surface area contributed by atoms with Gasteiger partial charge in [0.1, 0.15) is 5.54 Å². The SMILES string of the molecule is Cc1c(Cl)ccc2c1NC(=O)[C@]21N[C@@H](Cc2ccccc2)[C@H]2C(=O)N(Cc3ccccc3)C(=O)[C@H]21. The standard InChI is InChI=1S/C28H24ClN3O3/c1-16-20(29)13-12-19-24(16)30-27(35)28(19)23-22(21(31-28)14-17-8-4-2-5-9-17)25(33)32(26(23)34)15-18-10-6-3-7-11-18/h2-13,21-23,31H,14-15H2,1H3,(H,30,35)/t21-,22+,23-,28-/m0/s1. The highest BCUT2D eigenvalue weighted by Gasteiger charge is 2.70. The van der Waals surface area contributed by atoms with Gasteiger partial charge in [-0.3, -0.25) is 24.6 Å². The number of hydrogen-bond acceptors (Lipinski definition) is 4. The minimum absolute atomic E-state index is 0.188. The molecule has 7 heteroatoms. The summed E-state index contributed by atoms with van der Waals surface area (Å²) in [6.07, 6.45) is 0.525. The topological polar surface area (TPSA) is 78.5 Å². The largest absolute Gasteiger partial charge is 0.324 e. The lowest BCUT2D eigenvalue weighted by molar-refractivity contribution is -0.143. The van der Waals surface area contributed by atoms with Crippen LogP contribution in [0, 0.1) is 18.8 Å². The number of carbonyl (C=O) groups excluding carboxylic acids is 3. The Balaban J connectivity index is 1.47. The number of carbonyl (C=O) groups is 3. The van der Waals surface area contributed by atoms with Crippen molar-refractivity contribution in [2.45, 2.75) is 31.5 Å². The highest BCUT2D eigenvalue weighted by atomic mass is 35.5. The minimum atomic E-state index is -1.33. The Labute approximate surface area is 208 Å². The van der Waals surface area contributed by atoms with Gasteiger partial charge in [-0.2, -0.15) is 0 Å². The van der Waals surface area contributed by atoms with Gasteiger partial charge in [0.25, 0.3) is 0 Å². The fraction of sp³-hybridized carbons (Fsp3) is 0.250. The first kappa shape index (κ1) is 22.0. The molecule has 3 aromatic carbocycles. The van der Waals surface area contributed by atoms with Crippen molar-refractivity contribution >= 4 is 35.0 Å². The van der Waals surface area contributed by atoms with Gasteiger partial charge in [0.2, 0.25) is 17.7 Å². The molecule has 4 atom stereocenters. The molecule has 0 radical (unpaired) electrons. The number of benzene rings is 3. The van der Waals surface area contributed by atoms with Crippen LogP contribution in [0.4, 0.5) is 5.69 Å². The Hall–Kier alpha value is -3.48. The summed E-state index contributed by atoms with van der Waals surface area (Å²) in [4.78, 5) is 42.7. The van der Waals surface area contributed by atoms with Crippen molar-refractivity contribution in [2.24, 2.45) is 11.8 Å². The van der Waals surface area contributed by atoms with Crippen molar-refractivity contribution in [1.82, 2.24) is 10.2 Å². The van der Waals surface area contributed by atoms with E-state index in [1.165, 1.54) is 4.90 Å². The number of amides is 3. The van der Waals surface area contributed by atoms with E-state index in [0.717, 1.165) is 16.7 Å². The van der Waals surface area contributed by atoms with E-state index < -0.39 is 17.4 Å². The third kappa shape index (κ3) is 3.17. The maximum Gasteiger partial charge on any atom is 0.250 e. The molecule has 3 heterocycles. The highest BCUT2D eigenvalue weighted by Crippen LogP contribution is 2.54. The van der Waals surface area contributed by atoms with Crippen LogP contribution in [0.15, 0.2) is 72.8 Å². The van der Waals surface area contributed by atoms with Crippen LogP contribution < -0.4 is 10.6 Å². The predicted molar refractivity (Wildman–Crippen MR) is 133 cm³/mol. The summed E-state index contributed by atoms with van der Waals surface area (Å²) >= 11 is 6.35.